The summed E-state index contributed by atoms with van der Waals surface area (Å²) >= 11 is 0. The Kier molecular flexibility index (Phi) is 8.79. The van der Waals surface area contributed by atoms with E-state index in [9.17, 15) is 0 Å². The van der Waals surface area contributed by atoms with Gasteiger partial charge < -0.3 is 15.2 Å². The van der Waals surface area contributed by atoms with Crippen LogP contribution in [0.3, 0.4) is 0 Å². The predicted molar refractivity (Wildman–Crippen MR) is 88.5 cm³/mol. The highest BCUT2D eigenvalue weighted by atomic mass is 16.5. The Bertz CT molecular complexity index is 266. The van der Waals surface area contributed by atoms with Gasteiger partial charge >= 0.3 is 0 Å². The minimum atomic E-state index is 0.139. The lowest BCUT2D eigenvalue weighted by Gasteiger charge is -2.49. The van der Waals surface area contributed by atoms with Gasteiger partial charge in [-0.2, -0.15) is 0 Å². The lowest BCUT2D eigenvalue weighted by molar-refractivity contribution is -0.0153. The van der Waals surface area contributed by atoms with Gasteiger partial charge in [-0.1, -0.05) is 13.8 Å². The molecule has 1 aliphatic rings. The summed E-state index contributed by atoms with van der Waals surface area (Å²) in [5.74, 6) is 1.55. The van der Waals surface area contributed by atoms with E-state index in [0.29, 0.717) is 0 Å². The Hall–Kier alpha value is -0.160. The normalized spacial score (nSPS) is 30.0. The van der Waals surface area contributed by atoms with Crippen LogP contribution in [0.4, 0.5) is 0 Å². The van der Waals surface area contributed by atoms with Crippen molar-refractivity contribution in [3.05, 3.63) is 0 Å². The van der Waals surface area contributed by atoms with Crippen LogP contribution in [0.2, 0.25) is 0 Å². The van der Waals surface area contributed by atoms with Gasteiger partial charge in [0.1, 0.15) is 0 Å². The molecule has 1 aliphatic carbocycles. The van der Waals surface area contributed by atoms with Crippen LogP contribution in [0.5, 0.6) is 0 Å². The average Bonchev–Trinajstić information content (AvgIpc) is 2.49. The predicted octanol–water partition coefficient (Wildman–Crippen LogP) is 2.51. The third-order valence-corrected chi connectivity index (χ3v) is 5.21. The molecule has 4 nitrogen and oxygen atoms in total. The van der Waals surface area contributed by atoms with Gasteiger partial charge in [0.15, 0.2) is 0 Å². The molecule has 0 aromatic carbocycles. The molecule has 0 aliphatic heterocycles. The molecule has 2 N–H and O–H groups in total. The summed E-state index contributed by atoms with van der Waals surface area (Å²) < 4.78 is 11.2. The van der Waals surface area contributed by atoms with Gasteiger partial charge in [-0.25, -0.2) is 0 Å². The maximum absolute atomic E-state index is 6.23. The van der Waals surface area contributed by atoms with Gasteiger partial charge in [-0.15, -0.1) is 0 Å². The van der Waals surface area contributed by atoms with Crippen LogP contribution < -0.4 is 5.73 Å². The van der Waals surface area contributed by atoms with Crippen molar-refractivity contribution >= 4 is 0 Å². The highest BCUT2D eigenvalue weighted by molar-refractivity contribution is 4.97. The second-order valence-corrected chi connectivity index (χ2v) is 6.51. The van der Waals surface area contributed by atoms with Crippen LogP contribution in [0.1, 0.15) is 47.0 Å². The summed E-state index contributed by atoms with van der Waals surface area (Å²) in [6.45, 7) is 14.6. The molecule has 0 amide bonds. The molecule has 0 bridgehead atoms. The number of rotatable bonds is 10. The molecule has 0 heterocycles. The van der Waals surface area contributed by atoms with Gasteiger partial charge in [0.05, 0.1) is 13.2 Å². The zero-order valence-electron chi connectivity index (χ0n) is 14.6. The Morgan fingerprint density at radius 1 is 1.05 bits per heavy atom. The minimum Gasteiger partial charge on any atom is -0.380 e. The SMILES string of the molecule is CCOCCN(CCOCC)C1(CN)CCC(C)C(C)C1. The third kappa shape index (κ3) is 5.51. The Morgan fingerprint density at radius 2 is 1.62 bits per heavy atom. The standard InChI is InChI=1S/C17H36N2O2/c1-5-20-11-9-19(10-12-21-6-2)17(14-18)8-7-15(3)16(4)13-17/h15-16H,5-14,18H2,1-4H3. The Balaban J connectivity index is 2.70. The molecule has 3 atom stereocenters. The van der Waals surface area contributed by atoms with Gasteiger partial charge in [-0.05, 0) is 44.9 Å². The van der Waals surface area contributed by atoms with E-state index in [1.165, 1.54) is 19.3 Å². The van der Waals surface area contributed by atoms with E-state index in [2.05, 4.69) is 18.7 Å². The maximum atomic E-state index is 6.23. The van der Waals surface area contributed by atoms with Gasteiger partial charge in [0.2, 0.25) is 0 Å². The number of nitrogens with zero attached hydrogens (tertiary/aromatic N) is 1. The molecular weight excluding hydrogens is 264 g/mol. The summed E-state index contributed by atoms with van der Waals surface area (Å²) in [6.07, 6.45) is 3.67. The number of nitrogens with two attached hydrogens (primary N) is 1. The fourth-order valence-electron chi connectivity index (χ4n) is 3.51. The topological polar surface area (TPSA) is 47.7 Å². The summed E-state index contributed by atoms with van der Waals surface area (Å²) in [5.41, 5.74) is 6.37. The highest BCUT2D eigenvalue weighted by Crippen LogP contribution is 2.39. The maximum Gasteiger partial charge on any atom is 0.0593 e. The second-order valence-electron chi connectivity index (χ2n) is 6.51. The molecule has 3 unspecified atom stereocenters. The molecule has 126 valence electrons. The van der Waals surface area contributed by atoms with Gasteiger partial charge in [-0.3, -0.25) is 4.90 Å². The first kappa shape index (κ1) is 18.9. The zero-order valence-corrected chi connectivity index (χ0v) is 14.6. The average molecular weight is 300 g/mol. The summed E-state index contributed by atoms with van der Waals surface area (Å²) in [4.78, 5) is 2.54. The molecule has 1 fully saturated rings. The molecule has 1 rings (SSSR count). The van der Waals surface area contributed by atoms with Crippen molar-refractivity contribution in [2.24, 2.45) is 17.6 Å². The quantitative estimate of drug-likeness (QED) is 0.630. The van der Waals surface area contributed by atoms with Crippen molar-refractivity contribution in [1.29, 1.82) is 0 Å². The Labute approximate surface area is 131 Å². The van der Waals surface area contributed by atoms with Crippen molar-refractivity contribution in [3.8, 4) is 0 Å². The Morgan fingerprint density at radius 3 is 2.05 bits per heavy atom. The second kappa shape index (κ2) is 9.78. The van der Waals surface area contributed by atoms with Crippen LogP contribution in [-0.2, 0) is 9.47 Å². The molecule has 21 heavy (non-hydrogen) atoms. The van der Waals surface area contributed by atoms with Crippen molar-refractivity contribution in [2.75, 3.05) is 46.1 Å². The van der Waals surface area contributed by atoms with E-state index >= 15 is 0 Å². The van der Waals surface area contributed by atoms with Crippen molar-refractivity contribution in [3.63, 3.8) is 0 Å². The fourth-order valence-corrected chi connectivity index (χ4v) is 3.51. The van der Waals surface area contributed by atoms with E-state index in [0.717, 1.165) is 57.9 Å². The van der Waals surface area contributed by atoms with Crippen molar-refractivity contribution < 1.29 is 9.47 Å². The first-order chi connectivity index (χ1) is 10.1. The lowest BCUT2D eigenvalue weighted by Crippen LogP contribution is -2.58. The van der Waals surface area contributed by atoms with E-state index in [1.54, 1.807) is 0 Å². The van der Waals surface area contributed by atoms with Crippen LogP contribution >= 0.6 is 0 Å². The summed E-state index contributed by atoms with van der Waals surface area (Å²) in [5, 5.41) is 0. The lowest BCUT2D eigenvalue weighted by atomic mass is 9.70. The van der Waals surface area contributed by atoms with Crippen LogP contribution in [-0.4, -0.2) is 56.5 Å². The van der Waals surface area contributed by atoms with Crippen molar-refractivity contribution in [2.45, 2.75) is 52.5 Å². The summed E-state index contributed by atoms with van der Waals surface area (Å²) in [7, 11) is 0. The molecule has 4 heteroatoms. The van der Waals surface area contributed by atoms with Crippen LogP contribution in [0.15, 0.2) is 0 Å². The van der Waals surface area contributed by atoms with Gasteiger partial charge in [0.25, 0.3) is 0 Å². The molecule has 0 spiro atoms. The minimum absolute atomic E-state index is 0.139. The first-order valence-electron chi connectivity index (χ1n) is 8.70. The van der Waals surface area contributed by atoms with Crippen LogP contribution in [0.25, 0.3) is 0 Å². The molecule has 0 saturated heterocycles. The van der Waals surface area contributed by atoms with E-state index in [4.69, 9.17) is 15.2 Å². The van der Waals surface area contributed by atoms with E-state index < -0.39 is 0 Å². The highest BCUT2D eigenvalue weighted by Gasteiger charge is 2.40. The number of hydrogen-bond donors (Lipinski definition) is 1. The first-order valence-corrected chi connectivity index (χ1v) is 8.70. The van der Waals surface area contributed by atoms with Gasteiger partial charge in [0, 0.05) is 38.4 Å². The molecule has 1 saturated carbocycles. The largest absolute Gasteiger partial charge is 0.380 e. The van der Waals surface area contributed by atoms with E-state index in [1.807, 2.05) is 13.8 Å². The third-order valence-electron chi connectivity index (χ3n) is 5.21. The fraction of sp³-hybridized carbons (Fsp3) is 1.00. The molecule has 0 radical (unpaired) electrons. The van der Waals surface area contributed by atoms with Crippen LogP contribution in [0, 0.1) is 11.8 Å². The molecular formula is C17H36N2O2. The number of hydrogen-bond acceptors (Lipinski definition) is 4. The zero-order chi connectivity index (χ0) is 15.7. The molecule has 0 aromatic heterocycles. The molecule has 0 aromatic rings. The smallest absolute Gasteiger partial charge is 0.0593 e. The number of ether oxygens (including phenoxy) is 2. The van der Waals surface area contributed by atoms with Crippen molar-refractivity contribution in [1.82, 2.24) is 4.90 Å². The van der Waals surface area contributed by atoms with E-state index in [-0.39, 0.29) is 5.54 Å². The summed E-state index contributed by atoms with van der Waals surface area (Å²) in [6, 6.07) is 0. The monoisotopic (exact) mass is 300 g/mol.